The number of hydrogen-bond acceptors (Lipinski definition) is 3. The fourth-order valence-corrected chi connectivity index (χ4v) is 4.08. The van der Waals surface area contributed by atoms with Crippen LogP contribution in [0.3, 0.4) is 0 Å². The third-order valence-electron chi connectivity index (χ3n) is 4.52. The average Bonchev–Trinajstić information content (AvgIpc) is 2.73. The largest absolute Gasteiger partial charge is 0.268 e. The molecule has 0 atom stereocenters. The van der Waals surface area contributed by atoms with Crippen molar-refractivity contribution in [3.63, 3.8) is 0 Å². The summed E-state index contributed by atoms with van der Waals surface area (Å²) < 4.78 is 15.8. The highest BCUT2D eigenvalue weighted by Crippen LogP contribution is 2.23. The first-order chi connectivity index (χ1) is 13.7. The van der Waals surface area contributed by atoms with E-state index in [-0.39, 0.29) is 11.2 Å². The van der Waals surface area contributed by atoms with Crippen LogP contribution in [0.2, 0.25) is 0 Å². The van der Waals surface area contributed by atoms with Gasteiger partial charge in [-0.3, -0.25) is 9.36 Å². The highest BCUT2D eigenvalue weighted by atomic mass is 32.2. The van der Waals surface area contributed by atoms with E-state index in [2.05, 4.69) is 17.1 Å². The molecule has 1 heterocycles. The Bertz CT molecular complexity index is 1160. The Balaban J connectivity index is 1.67. The first-order valence-corrected chi connectivity index (χ1v) is 10.2. The van der Waals surface area contributed by atoms with Crippen molar-refractivity contribution in [2.75, 3.05) is 5.75 Å². The van der Waals surface area contributed by atoms with Gasteiger partial charge < -0.3 is 0 Å². The van der Waals surface area contributed by atoms with Gasteiger partial charge in [0.1, 0.15) is 5.82 Å². The third kappa shape index (κ3) is 3.85. The molecule has 1 aromatic heterocycles. The van der Waals surface area contributed by atoms with Gasteiger partial charge in [0, 0.05) is 5.75 Å². The summed E-state index contributed by atoms with van der Waals surface area (Å²) in [7, 11) is 0. The zero-order valence-corrected chi connectivity index (χ0v) is 16.0. The molecule has 5 heteroatoms. The number of aromatic nitrogens is 2. The SMILES string of the molecule is O=c1c2ccccc2nc(SCCCc2ccccc2)n1-c1ccccc1F. The first-order valence-electron chi connectivity index (χ1n) is 9.17. The van der Waals surface area contributed by atoms with Gasteiger partial charge in [0.05, 0.1) is 16.6 Å². The van der Waals surface area contributed by atoms with Crippen LogP contribution in [0.15, 0.2) is 88.8 Å². The number of aryl methyl sites for hydroxylation is 1. The van der Waals surface area contributed by atoms with Crippen LogP contribution in [0.5, 0.6) is 0 Å². The van der Waals surface area contributed by atoms with Gasteiger partial charge in [-0.1, -0.05) is 66.4 Å². The van der Waals surface area contributed by atoms with E-state index in [9.17, 15) is 9.18 Å². The average molecular weight is 390 g/mol. The molecule has 0 saturated heterocycles. The molecule has 0 aliphatic rings. The summed E-state index contributed by atoms with van der Waals surface area (Å²) in [6.45, 7) is 0. The Labute approximate surface area is 166 Å². The van der Waals surface area contributed by atoms with E-state index in [0.717, 1.165) is 18.6 Å². The molecule has 140 valence electrons. The molecular formula is C23H19FN2OS. The predicted molar refractivity (Wildman–Crippen MR) is 113 cm³/mol. The van der Waals surface area contributed by atoms with Crippen LogP contribution in [0.4, 0.5) is 4.39 Å². The second-order valence-corrected chi connectivity index (χ2v) is 7.50. The molecule has 3 nitrogen and oxygen atoms in total. The molecule has 0 unspecified atom stereocenters. The van der Waals surface area contributed by atoms with Crippen molar-refractivity contribution in [3.05, 3.63) is 101 Å². The molecule has 0 radical (unpaired) electrons. The first kappa shape index (κ1) is 18.4. The highest BCUT2D eigenvalue weighted by Gasteiger charge is 2.15. The molecule has 4 rings (SSSR count). The summed E-state index contributed by atoms with van der Waals surface area (Å²) in [5.74, 6) is 0.349. The van der Waals surface area contributed by atoms with Crippen LogP contribution in [-0.2, 0) is 6.42 Å². The van der Waals surface area contributed by atoms with Gasteiger partial charge in [0.15, 0.2) is 5.16 Å². The fraction of sp³-hybridized carbons (Fsp3) is 0.130. The maximum Gasteiger partial charge on any atom is 0.266 e. The van der Waals surface area contributed by atoms with Crippen LogP contribution >= 0.6 is 11.8 Å². The van der Waals surface area contributed by atoms with Gasteiger partial charge in [-0.15, -0.1) is 0 Å². The van der Waals surface area contributed by atoms with Gasteiger partial charge in [0.25, 0.3) is 5.56 Å². The second kappa shape index (κ2) is 8.40. The molecule has 28 heavy (non-hydrogen) atoms. The second-order valence-electron chi connectivity index (χ2n) is 6.44. The summed E-state index contributed by atoms with van der Waals surface area (Å²) in [6.07, 6.45) is 1.89. The van der Waals surface area contributed by atoms with Crippen LogP contribution in [0.25, 0.3) is 16.6 Å². The predicted octanol–water partition coefficient (Wildman–Crippen LogP) is 5.25. The lowest BCUT2D eigenvalue weighted by atomic mass is 10.1. The Morgan fingerprint density at radius 1 is 0.893 bits per heavy atom. The Morgan fingerprint density at radius 2 is 1.61 bits per heavy atom. The molecule has 0 spiro atoms. The topological polar surface area (TPSA) is 34.9 Å². The van der Waals surface area contributed by atoms with Crippen LogP contribution in [-0.4, -0.2) is 15.3 Å². The van der Waals surface area contributed by atoms with E-state index in [0.29, 0.717) is 16.1 Å². The molecule has 0 amide bonds. The number of halogens is 1. The van der Waals surface area contributed by atoms with Crippen molar-refractivity contribution in [1.82, 2.24) is 9.55 Å². The van der Waals surface area contributed by atoms with Crippen LogP contribution < -0.4 is 5.56 Å². The number of fused-ring (bicyclic) bond motifs is 1. The van der Waals surface area contributed by atoms with Gasteiger partial charge >= 0.3 is 0 Å². The van der Waals surface area contributed by atoms with Crippen LogP contribution in [0.1, 0.15) is 12.0 Å². The lowest BCUT2D eigenvalue weighted by Gasteiger charge is -2.13. The number of benzene rings is 3. The number of nitrogens with zero attached hydrogens (tertiary/aromatic N) is 2. The minimum Gasteiger partial charge on any atom is -0.268 e. The molecule has 3 aromatic carbocycles. The van der Waals surface area contributed by atoms with Crippen molar-refractivity contribution in [1.29, 1.82) is 0 Å². The van der Waals surface area contributed by atoms with Gasteiger partial charge in [-0.2, -0.15) is 0 Å². The number of thioether (sulfide) groups is 1. The lowest BCUT2D eigenvalue weighted by molar-refractivity contribution is 0.608. The van der Waals surface area contributed by atoms with Crippen molar-refractivity contribution in [3.8, 4) is 5.69 Å². The van der Waals surface area contributed by atoms with Gasteiger partial charge in [-0.25, -0.2) is 9.37 Å². The minimum atomic E-state index is -0.437. The summed E-state index contributed by atoms with van der Waals surface area (Å²) in [6, 6.07) is 23.8. The quantitative estimate of drug-likeness (QED) is 0.256. The monoisotopic (exact) mass is 390 g/mol. The third-order valence-corrected chi connectivity index (χ3v) is 5.55. The maximum atomic E-state index is 14.4. The summed E-state index contributed by atoms with van der Waals surface area (Å²) in [5.41, 5.74) is 1.89. The minimum absolute atomic E-state index is 0.233. The fourth-order valence-electron chi connectivity index (χ4n) is 3.14. The molecule has 0 bridgehead atoms. The Hall–Kier alpha value is -2.92. The smallest absolute Gasteiger partial charge is 0.266 e. The van der Waals surface area contributed by atoms with Crippen molar-refractivity contribution in [2.24, 2.45) is 0 Å². The lowest BCUT2D eigenvalue weighted by Crippen LogP contribution is -2.22. The standard InChI is InChI=1S/C23H19FN2OS/c24-19-13-5-7-15-21(19)26-22(27)18-12-4-6-14-20(18)25-23(26)28-16-8-11-17-9-2-1-3-10-17/h1-7,9-10,12-15H,8,11,16H2. The van der Waals surface area contributed by atoms with Crippen LogP contribution in [0, 0.1) is 5.82 Å². The number of hydrogen-bond donors (Lipinski definition) is 0. The molecular weight excluding hydrogens is 371 g/mol. The number of para-hydroxylation sites is 2. The molecule has 0 saturated carbocycles. The van der Waals surface area contributed by atoms with E-state index in [4.69, 9.17) is 0 Å². The molecule has 4 aromatic rings. The van der Waals surface area contributed by atoms with E-state index in [1.807, 2.05) is 30.3 Å². The van der Waals surface area contributed by atoms with Crippen molar-refractivity contribution < 1.29 is 4.39 Å². The van der Waals surface area contributed by atoms with E-state index in [1.54, 1.807) is 30.3 Å². The van der Waals surface area contributed by atoms with Crippen molar-refractivity contribution in [2.45, 2.75) is 18.0 Å². The molecule has 0 aliphatic carbocycles. The Kier molecular flexibility index (Phi) is 5.53. The highest BCUT2D eigenvalue weighted by molar-refractivity contribution is 7.99. The zero-order chi connectivity index (χ0) is 19.3. The molecule has 0 fully saturated rings. The normalized spacial score (nSPS) is 11.0. The summed E-state index contributed by atoms with van der Waals surface area (Å²) in [5, 5.41) is 1.00. The van der Waals surface area contributed by atoms with Crippen molar-refractivity contribution >= 4 is 22.7 Å². The van der Waals surface area contributed by atoms with E-state index >= 15 is 0 Å². The van der Waals surface area contributed by atoms with E-state index < -0.39 is 5.82 Å². The van der Waals surface area contributed by atoms with E-state index in [1.165, 1.54) is 28.0 Å². The summed E-state index contributed by atoms with van der Waals surface area (Å²) in [4.78, 5) is 17.8. The summed E-state index contributed by atoms with van der Waals surface area (Å²) >= 11 is 1.48. The number of rotatable bonds is 6. The Morgan fingerprint density at radius 3 is 2.43 bits per heavy atom. The van der Waals surface area contributed by atoms with Gasteiger partial charge in [-0.05, 0) is 42.7 Å². The molecule has 0 aliphatic heterocycles. The maximum absolute atomic E-state index is 14.4. The molecule has 0 N–H and O–H groups in total. The zero-order valence-electron chi connectivity index (χ0n) is 15.2. The van der Waals surface area contributed by atoms with Gasteiger partial charge in [0.2, 0.25) is 0 Å².